The van der Waals surface area contributed by atoms with Gasteiger partial charge in [0.2, 0.25) is 23.6 Å². The van der Waals surface area contributed by atoms with Gasteiger partial charge in [-0.25, -0.2) is 4.98 Å². The van der Waals surface area contributed by atoms with Crippen LogP contribution in [-0.4, -0.2) is 71.3 Å². The highest BCUT2D eigenvalue weighted by atomic mass is 19.4. The van der Waals surface area contributed by atoms with E-state index in [2.05, 4.69) is 20.9 Å². The van der Waals surface area contributed by atoms with E-state index in [4.69, 9.17) is 0 Å². The number of carbonyl (C=O) groups is 4. The summed E-state index contributed by atoms with van der Waals surface area (Å²) in [4.78, 5) is 60.1. The number of hydrogen-bond acceptors (Lipinski definition) is 6. The minimum absolute atomic E-state index is 0.0166. The number of fused-ring (bicyclic) bond motifs is 3. The van der Waals surface area contributed by atoms with Gasteiger partial charge in [-0.15, -0.1) is 0 Å². The van der Waals surface area contributed by atoms with Crippen LogP contribution in [0.2, 0.25) is 0 Å². The number of anilines is 2. The van der Waals surface area contributed by atoms with Crippen LogP contribution in [0.5, 0.6) is 0 Å². The molecule has 0 saturated carbocycles. The molecule has 3 heterocycles. The van der Waals surface area contributed by atoms with Crippen LogP contribution in [0, 0.1) is 5.41 Å². The van der Waals surface area contributed by atoms with Gasteiger partial charge in [-0.1, -0.05) is 36.4 Å². The van der Waals surface area contributed by atoms with Crippen LogP contribution in [0.3, 0.4) is 0 Å². The molecule has 3 aliphatic rings. The van der Waals surface area contributed by atoms with E-state index in [1.165, 1.54) is 16.7 Å². The highest BCUT2D eigenvalue weighted by Gasteiger charge is 2.52. The van der Waals surface area contributed by atoms with Gasteiger partial charge in [-0.05, 0) is 73.2 Å². The summed E-state index contributed by atoms with van der Waals surface area (Å²) in [5.74, 6) is -1.18. The van der Waals surface area contributed by atoms with E-state index >= 15 is 0 Å². The summed E-state index contributed by atoms with van der Waals surface area (Å²) in [6.45, 7) is 1.29. The molecule has 2 aromatic carbocycles. The Balaban J connectivity index is 1.25. The average molecular weight is 677 g/mol. The number of piperidine rings is 1. The molecule has 0 bridgehead atoms. The number of pyridine rings is 1. The van der Waals surface area contributed by atoms with Crippen LogP contribution < -0.4 is 16.0 Å². The molecule has 1 atom stereocenters. The molecule has 1 aliphatic carbocycles. The van der Waals surface area contributed by atoms with Gasteiger partial charge < -0.3 is 25.8 Å². The van der Waals surface area contributed by atoms with Gasteiger partial charge in [-0.2, -0.15) is 13.2 Å². The zero-order valence-corrected chi connectivity index (χ0v) is 27.5. The lowest BCUT2D eigenvalue weighted by molar-refractivity contribution is -0.181. The molecule has 10 nitrogen and oxygen atoms in total. The molecule has 0 unspecified atom stereocenters. The quantitative estimate of drug-likeness (QED) is 0.310. The summed E-state index contributed by atoms with van der Waals surface area (Å²) >= 11 is 0. The maximum atomic E-state index is 14.3. The van der Waals surface area contributed by atoms with E-state index in [-0.39, 0.29) is 44.3 Å². The Morgan fingerprint density at radius 3 is 2.41 bits per heavy atom. The van der Waals surface area contributed by atoms with Crippen molar-refractivity contribution in [2.45, 2.75) is 63.7 Å². The summed E-state index contributed by atoms with van der Waals surface area (Å²) < 4.78 is 42.2. The number of benzene rings is 2. The second-order valence-corrected chi connectivity index (χ2v) is 13.4. The molecule has 2 aliphatic heterocycles. The first-order chi connectivity index (χ1) is 23.3. The van der Waals surface area contributed by atoms with Crippen LogP contribution in [0.25, 0.3) is 0 Å². The highest BCUT2D eigenvalue weighted by molar-refractivity contribution is 6.06. The molecule has 6 rings (SSSR count). The molecular formula is C36H39F3N6O4. The normalized spacial score (nSPS) is 19.3. The van der Waals surface area contributed by atoms with Gasteiger partial charge in [0.15, 0.2) is 0 Å². The Hall–Kier alpha value is -4.78. The first-order valence-corrected chi connectivity index (χ1v) is 16.3. The zero-order valence-electron chi connectivity index (χ0n) is 27.5. The van der Waals surface area contributed by atoms with Crippen LogP contribution in [-0.2, 0) is 50.5 Å². The van der Waals surface area contributed by atoms with E-state index in [1.807, 2.05) is 24.3 Å². The summed E-state index contributed by atoms with van der Waals surface area (Å²) in [6, 6.07) is 16.4. The molecule has 258 valence electrons. The molecule has 49 heavy (non-hydrogen) atoms. The monoisotopic (exact) mass is 676 g/mol. The Morgan fingerprint density at radius 1 is 1.00 bits per heavy atom. The molecule has 4 amide bonds. The van der Waals surface area contributed by atoms with Crippen molar-refractivity contribution in [2.75, 3.05) is 37.3 Å². The maximum Gasteiger partial charge on any atom is 0.390 e. The zero-order chi connectivity index (χ0) is 35.0. The van der Waals surface area contributed by atoms with E-state index in [1.54, 1.807) is 43.6 Å². The van der Waals surface area contributed by atoms with Crippen molar-refractivity contribution in [3.05, 3.63) is 88.6 Å². The van der Waals surface area contributed by atoms with Gasteiger partial charge in [0.1, 0.15) is 12.4 Å². The van der Waals surface area contributed by atoms with E-state index in [0.717, 1.165) is 22.3 Å². The lowest BCUT2D eigenvalue weighted by Crippen LogP contribution is -2.53. The molecule has 1 fully saturated rings. The smallest absolute Gasteiger partial charge is 0.343 e. The molecular weight excluding hydrogens is 637 g/mol. The van der Waals surface area contributed by atoms with Crippen molar-refractivity contribution < 1.29 is 32.3 Å². The van der Waals surface area contributed by atoms with Crippen molar-refractivity contribution in [2.24, 2.45) is 5.41 Å². The van der Waals surface area contributed by atoms with Crippen LogP contribution in [0.15, 0.2) is 60.8 Å². The number of hydrogen-bond donors (Lipinski definition) is 3. The SMILES string of the molecule is CNCc1ccccc1CN(CC(=O)Nc1ccc2c(c1)C[C@@]1(C2)C(=O)Nc2ncccc21)C(=O)C1(CC(F)(F)F)CCN(C(C)=O)CC1. The molecule has 1 saturated heterocycles. The number of halogens is 3. The minimum Gasteiger partial charge on any atom is -0.343 e. The number of nitrogens with one attached hydrogen (secondary N) is 3. The van der Waals surface area contributed by atoms with Crippen LogP contribution in [0.4, 0.5) is 24.7 Å². The van der Waals surface area contributed by atoms with Crippen LogP contribution >= 0.6 is 0 Å². The lowest BCUT2D eigenvalue weighted by atomic mass is 9.74. The third-order valence-corrected chi connectivity index (χ3v) is 10.1. The van der Waals surface area contributed by atoms with Crippen molar-refractivity contribution in [3.63, 3.8) is 0 Å². The third kappa shape index (κ3) is 6.89. The standard InChI is InChI=1S/C36H39F3N6O4/c1-23(46)44-14-11-34(12-15-44,22-36(37,38)39)33(49)45(20-26-7-4-3-6-25(26)19-40-2)21-30(47)42-28-10-9-24-17-35(18-27(24)16-28)29-8-5-13-41-31(29)43-32(35)48/h3-10,13,16,40H,11-12,14-15,17-22H2,1-2H3,(H,42,47)(H,41,43,48)/t35-/m1/s1. The summed E-state index contributed by atoms with van der Waals surface area (Å²) in [7, 11) is 1.77. The third-order valence-electron chi connectivity index (χ3n) is 10.1. The number of rotatable bonds is 9. The fourth-order valence-electron chi connectivity index (χ4n) is 7.63. The first kappa shape index (κ1) is 34.1. The first-order valence-electron chi connectivity index (χ1n) is 16.3. The van der Waals surface area contributed by atoms with Gasteiger partial charge in [-0.3, -0.25) is 19.2 Å². The number of nitrogens with zero attached hydrogens (tertiary/aromatic N) is 3. The molecule has 3 N–H and O–H groups in total. The molecule has 0 radical (unpaired) electrons. The maximum absolute atomic E-state index is 14.3. The largest absolute Gasteiger partial charge is 0.390 e. The minimum atomic E-state index is -4.64. The molecule has 1 spiro atoms. The van der Waals surface area contributed by atoms with Gasteiger partial charge in [0.05, 0.1) is 17.3 Å². The number of likely N-dealkylation sites (tertiary alicyclic amines) is 1. The molecule has 3 aromatic rings. The fraction of sp³-hybridized carbons (Fsp3) is 0.417. The number of aromatic nitrogens is 1. The molecule has 1 aromatic heterocycles. The predicted molar refractivity (Wildman–Crippen MR) is 176 cm³/mol. The van der Waals surface area contributed by atoms with Crippen molar-refractivity contribution in [1.29, 1.82) is 0 Å². The van der Waals surface area contributed by atoms with Crippen LogP contribution in [0.1, 0.15) is 54.0 Å². The van der Waals surface area contributed by atoms with Crippen molar-refractivity contribution in [1.82, 2.24) is 20.1 Å². The Morgan fingerprint density at radius 2 is 1.71 bits per heavy atom. The summed E-state index contributed by atoms with van der Waals surface area (Å²) in [5, 5.41) is 8.79. The Labute approximate surface area is 282 Å². The number of amides is 4. The summed E-state index contributed by atoms with van der Waals surface area (Å²) in [5.41, 5.74) is 2.08. The second kappa shape index (κ2) is 13.3. The summed E-state index contributed by atoms with van der Waals surface area (Å²) in [6.07, 6.45) is -3.79. The average Bonchev–Trinajstić information content (AvgIpc) is 3.57. The van der Waals surface area contributed by atoms with E-state index in [0.29, 0.717) is 36.5 Å². The van der Waals surface area contributed by atoms with Crippen molar-refractivity contribution >= 4 is 35.1 Å². The second-order valence-electron chi connectivity index (χ2n) is 13.4. The topological polar surface area (TPSA) is 124 Å². The van der Waals surface area contributed by atoms with Gasteiger partial charge in [0.25, 0.3) is 0 Å². The lowest BCUT2D eigenvalue weighted by Gasteiger charge is -2.43. The molecule has 13 heteroatoms. The fourth-order valence-corrected chi connectivity index (χ4v) is 7.63. The number of carbonyl (C=O) groups excluding carboxylic acids is 4. The van der Waals surface area contributed by atoms with E-state index in [9.17, 15) is 32.3 Å². The van der Waals surface area contributed by atoms with Crippen molar-refractivity contribution in [3.8, 4) is 0 Å². The Kier molecular flexibility index (Phi) is 9.23. The number of alkyl halides is 3. The highest BCUT2D eigenvalue weighted by Crippen LogP contribution is 2.47. The predicted octanol–water partition coefficient (Wildman–Crippen LogP) is 4.34. The Bertz CT molecular complexity index is 1790. The van der Waals surface area contributed by atoms with E-state index < -0.39 is 41.8 Å². The van der Waals surface area contributed by atoms with Gasteiger partial charge in [0, 0.05) is 50.6 Å². The van der Waals surface area contributed by atoms with Gasteiger partial charge >= 0.3 is 6.18 Å².